The third-order valence-corrected chi connectivity index (χ3v) is 9.49. The molecule has 14 heteroatoms. The molecular weight excluding hydrogens is 646 g/mol. The summed E-state index contributed by atoms with van der Waals surface area (Å²) in [6.07, 6.45) is -7.23. The lowest BCUT2D eigenvalue weighted by atomic mass is 9.98. The Balaban J connectivity index is 1.51. The Hall–Kier alpha value is -3.53. The average Bonchev–Trinajstić information content (AvgIpc) is 3.04. The highest BCUT2D eigenvalue weighted by Crippen LogP contribution is 2.44. The van der Waals surface area contributed by atoms with Gasteiger partial charge in [0.15, 0.2) is 30.9 Å². The monoisotopic (exact) mass is 687 g/mol. The fourth-order valence-electron chi connectivity index (χ4n) is 6.03. The van der Waals surface area contributed by atoms with Crippen LogP contribution in [0, 0.1) is 0 Å². The first-order valence-electron chi connectivity index (χ1n) is 15.7. The van der Waals surface area contributed by atoms with Gasteiger partial charge in [0.25, 0.3) is 0 Å². The standard InChI is InChI=1S/C34H41NO12S/c1-18-27(43-20(3)37)29(44-21(4)38)30(45-22(5)39)34(42-18)48-31-26(35-19(2)36)33(40-16-23-12-8-6-9-13-23)46-25-17-41-32(47-28(25)31)24-14-10-7-11-15-24/h6-15,18,25-34H,16-17H2,1-5H3,(H,35,36)/t18-,25+,26+,27+,28+,29+,30-,31+,32+,33+,34-/m0/s1. The molecule has 3 aliphatic rings. The van der Waals surface area contributed by atoms with Gasteiger partial charge in [0.1, 0.15) is 17.6 Å². The number of nitrogens with one attached hydrogen (secondary N) is 1. The van der Waals surface area contributed by atoms with E-state index in [0.717, 1.165) is 11.1 Å². The van der Waals surface area contributed by atoms with Crippen molar-refractivity contribution >= 4 is 35.6 Å². The molecular formula is C34H41NO12S. The van der Waals surface area contributed by atoms with Crippen molar-refractivity contribution in [2.24, 2.45) is 0 Å². The molecule has 0 unspecified atom stereocenters. The quantitative estimate of drug-likeness (QED) is 0.288. The van der Waals surface area contributed by atoms with Crippen LogP contribution in [0.15, 0.2) is 60.7 Å². The van der Waals surface area contributed by atoms with E-state index in [2.05, 4.69) is 5.32 Å². The molecule has 48 heavy (non-hydrogen) atoms. The Kier molecular flexibility index (Phi) is 12.1. The smallest absolute Gasteiger partial charge is 0.303 e. The van der Waals surface area contributed by atoms with Gasteiger partial charge in [-0.2, -0.15) is 0 Å². The maximum absolute atomic E-state index is 12.7. The third-order valence-electron chi connectivity index (χ3n) is 7.96. The summed E-state index contributed by atoms with van der Waals surface area (Å²) in [6.45, 7) is 7.05. The van der Waals surface area contributed by atoms with E-state index >= 15 is 0 Å². The first-order chi connectivity index (χ1) is 23.0. The number of esters is 3. The normalized spacial score (nSPS) is 33.1. The van der Waals surface area contributed by atoms with Gasteiger partial charge >= 0.3 is 17.9 Å². The molecule has 0 aliphatic carbocycles. The summed E-state index contributed by atoms with van der Waals surface area (Å²) in [6, 6.07) is 18.1. The van der Waals surface area contributed by atoms with Crippen LogP contribution >= 0.6 is 11.8 Å². The summed E-state index contributed by atoms with van der Waals surface area (Å²) in [5, 5.41) is 2.35. The number of carbonyl (C=O) groups is 4. The van der Waals surface area contributed by atoms with E-state index in [1.165, 1.54) is 39.5 Å². The molecule has 1 amide bonds. The van der Waals surface area contributed by atoms with Crippen molar-refractivity contribution in [2.75, 3.05) is 6.61 Å². The van der Waals surface area contributed by atoms with Gasteiger partial charge in [-0.1, -0.05) is 60.7 Å². The number of hydrogen-bond donors (Lipinski definition) is 1. The molecule has 1 N–H and O–H groups in total. The minimum atomic E-state index is -1.20. The average molecular weight is 688 g/mol. The Morgan fingerprint density at radius 2 is 1.40 bits per heavy atom. The molecule has 11 atom stereocenters. The van der Waals surface area contributed by atoms with Gasteiger partial charge in [0.05, 0.1) is 30.6 Å². The summed E-state index contributed by atoms with van der Waals surface area (Å²) < 4.78 is 48.6. The maximum Gasteiger partial charge on any atom is 0.303 e. The molecule has 0 spiro atoms. The molecule has 2 aromatic rings. The fourth-order valence-corrected chi connectivity index (χ4v) is 7.70. The highest BCUT2D eigenvalue weighted by Gasteiger charge is 2.56. The van der Waals surface area contributed by atoms with Crippen LogP contribution < -0.4 is 5.32 Å². The summed E-state index contributed by atoms with van der Waals surface area (Å²) >= 11 is 1.22. The number of carbonyl (C=O) groups excluding carboxylic acids is 4. The van der Waals surface area contributed by atoms with Crippen molar-refractivity contribution in [3.05, 3.63) is 71.8 Å². The molecule has 3 saturated heterocycles. The van der Waals surface area contributed by atoms with Crippen LogP contribution in [0.2, 0.25) is 0 Å². The number of hydrogen-bond acceptors (Lipinski definition) is 13. The van der Waals surface area contributed by atoms with Crippen molar-refractivity contribution in [2.45, 2.75) is 107 Å². The Morgan fingerprint density at radius 1 is 0.792 bits per heavy atom. The summed E-state index contributed by atoms with van der Waals surface area (Å²) in [5.41, 5.74) is 0.712. The summed E-state index contributed by atoms with van der Waals surface area (Å²) in [4.78, 5) is 49.4. The molecule has 0 radical (unpaired) electrons. The first-order valence-corrected chi connectivity index (χ1v) is 16.7. The van der Waals surface area contributed by atoms with Gasteiger partial charge in [-0.05, 0) is 12.5 Å². The van der Waals surface area contributed by atoms with Crippen molar-refractivity contribution in [1.29, 1.82) is 0 Å². The summed E-state index contributed by atoms with van der Waals surface area (Å²) in [5.74, 6) is -2.29. The van der Waals surface area contributed by atoms with Crippen LogP contribution in [-0.4, -0.2) is 90.1 Å². The molecule has 5 rings (SSSR count). The largest absolute Gasteiger partial charge is 0.456 e. The Morgan fingerprint density at radius 3 is 2.02 bits per heavy atom. The number of amides is 1. The first kappa shape index (κ1) is 35.8. The minimum absolute atomic E-state index is 0.152. The maximum atomic E-state index is 12.7. The molecule has 2 aromatic carbocycles. The van der Waals surface area contributed by atoms with Crippen LogP contribution in [0.1, 0.15) is 52.0 Å². The van der Waals surface area contributed by atoms with E-state index in [1.807, 2.05) is 60.7 Å². The number of thioether (sulfide) groups is 1. The van der Waals surface area contributed by atoms with E-state index in [1.54, 1.807) is 6.92 Å². The van der Waals surface area contributed by atoms with E-state index in [9.17, 15) is 19.2 Å². The van der Waals surface area contributed by atoms with E-state index in [0.29, 0.717) is 0 Å². The number of ether oxygens (including phenoxy) is 8. The Labute approximate surface area is 283 Å². The van der Waals surface area contributed by atoms with Gasteiger partial charge in [0.2, 0.25) is 5.91 Å². The predicted molar refractivity (Wildman–Crippen MR) is 170 cm³/mol. The fraction of sp³-hybridized carbons (Fsp3) is 0.529. The van der Waals surface area contributed by atoms with E-state index in [-0.39, 0.29) is 19.1 Å². The molecule has 3 fully saturated rings. The highest BCUT2D eigenvalue weighted by molar-refractivity contribution is 8.00. The summed E-state index contributed by atoms with van der Waals surface area (Å²) in [7, 11) is 0. The van der Waals surface area contributed by atoms with Crippen LogP contribution in [0.4, 0.5) is 0 Å². The van der Waals surface area contributed by atoms with Gasteiger partial charge in [-0.15, -0.1) is 11.8 Å². The van der Waals surface area contributed by atoms with Crippen LogP contribution in [0.25, 0.3) is 0 Å². The number of benzene rings is 2. The predicted octanol–water partition coefficient (Wildman–Crippen LogP) is 3.19. The van der Waals surface area contributed by atoms with Gasteiger partial charge in [-0.3, -0.25) is 19.2 Å². The van der Waals surface area contributed by atoms with E-state index in [4.69, 9.17) is 37.9 Å². The number of rotatable bonds is 10. The SMILES string of the molecule is CC(=O)N[C@H]1[C@H](OCc2ccccc2)O[C@@H]2CO[C@@H](c3ccccc3)O[C@H]2[C@@H]1S[C@@H]1O[C@@H](C)[C@@H](OC(C)=O)[C@@H](OC(C)=O)[C@@H]1OC(C)=O. The van der Waals surface area contributed by atoms with Crippen molar-refractivity contribution in [3.8, 4) is 0 Å². The molecule has 13 nitrogen and oxygen atoms in total. The lowest BCUT2D eigenvalue weighted by molar-refractivity contribution is -0.321. The zero-order valence-corrected chi connectivity index (χ0v) is 28.2. The third kappa shape index (κ3) is 8.92. The van der Waals surface area contributed by atoms with Crippen LogP contribution in [-0.2, 0) is 63.7 Å². The lowest BCUT2D eigenvalue weighted by Gasteiger charge is -2.51. The zero-order chi connectivity index (χ0) is 34.4. The van der Waals surface area contributed by atoms with Crippen molar-refractivity contribution in [1.82, 2.24) is 5.32 Å². The van der Waals surface area contributed by atoms with Gasteiger partial charge in [-0.25, -0.2) is 0 Å². The lowest BCUT2D eigenvalue weighted by Crippen LogP contribution is -2.67. The van der Waals surface area contributed by atoms with Crippen molar-refractivity contribution in [3.63, 3.8) is 0 Å². The topological polar surface area (TPSA) is 154 Å². The zero-order valence-electron chi connectivity index (χ0n) is 27.3. The second kappa shape index (κ2) is 16.2. The molecule has 3 aliphatic heterocycles. The van der Waals surface area contributed by atoms with Crippen LogP contribution in [0.5, 0.6) is 0 Å². The van der Waals surface area contributed by atoms with E-state index < -0.39 is 83.8 Å². The molecule has 0 aromatic heterocycles. The number of fused-ring (bicyclic) bond motifs is 1. The highest BCUT2D eigenvalue weighted by atomic mass is 32.2. The molecule has 0 bridgehead atoms. The van der Waals surface area contributed by atoms with Gasteiger partial charge < -0.3 is 43.2 Å². The Bertz CT molecular complexity index is 1410. The van der Waals surface area contributed by atoms with Gasteiger partial charge in [0, 0.05) is 33.3 Å². The molecule has 0 saturated carbocycles. The van der Waals surface area contributed by atoms with Crippen molar-refractivity contribution < 1.29 is 57.1 Å². The van der Waals surface area contributed by atoms with Crippen LogP contribution in [0.3, 0.4) is 0 Å². The second-order valence-electron chi connectivity index (χ2n) is 11.8. The minimum Gasteiger partial charge on any atom is -0.456 e. The molecule has 3 heterocycles. The second-order valence-corrected chi connectivity index (χ2v) is 13.1. The molecule has 260 valence electrons.